The van der Waals surface area contributed by atoms with E-state index >= 15 is 0 Å². The molecule has 0 spiro atoms. The Balaban J connectivity index is 4.15. The van der Waals surface area contributed by atoms with Crippen LogP contribution in [0.4, 0.5) is 0 Å². The summed E-state index contributed by atoms with van der Waals surface area (Å²) in [7, 11) is -3.95. The van der Waals surface area contributed by atoms with E-state index in [0.717, 1.165) is 0 Å². The number of hydrogen-bond donors (Lipinski definition) is 1. The Morgan fingerprint density at radius 3 is 2.33 bits per heavy atom. The highest BCUT2D eigenvalue weighted by molar-refractivity contribution is 7.87. The van der Waals surface area contributed by atoms with Crippen molar-refractivity contribution in [2.75, 3.05) is 0 Å². The average Bonchev–Trinajstić information content (AvgIpc) is 1.85. The Morgan fingerprint density at radius 1 is 1.50 bits per heavy atom. The molecule has 3 nitrogen and oxygen atoms in total. The Morgan fingerprint density at radius 2 is 2.00 bits per heavy atom. The van der Waals surface area contributed by atoms with Crippen LogP contribution in [0.15, 0.2) is 12.7 Å². The molecule has 0 rings (SSSR count). The van der Waals surface area contributed by atoms with E-state index in [9.17, 15) is 8.42 Å². The lowest BCUT2D eigenvalue weighted by Crippen LogP contribution is -2.31. The minimum atomic E-state index is -3.95. The van der Waals surface area contributed by atoms with E-state index < -0.39 is 14.9 Å². The van der Waals surface area contributed by atoms with E-state index in [-0.39, 0.29) is 0 Å². The van der Waals surface area contributed by atoms with Crippen molar-refractivity contribution in [2.24, 2.45) is 0 Å². The van der Waals surface area contributed by atoms with Crippen LogP contribution in [0.25, 0.3) is 0 Å². The number of hydrogen-bond acceptors (Lipinski definition) is 2. The maximum atomic E-state index is 10.8. The minimum Gasteiger partial charge on any atom is -0.285 e. The summed E-state index contributed by atoms with van der Waals surface area (Å²) < 4.78 is 29.2. The van der Waals surface area contributed by atoms with Gasteiger partial charge < -0.3 is 0 Å². The van der Waals surface area contributed by atoms with Gasteiger partial charge in [-0.1, -0.05) is 6.08 Å². The zero-order valence-electron chi connectivity index (χ0n) is 7.45. The monoisotopic (exact) mass is 191 g/mol. The van der Waals surface area contributed by atoms with Crippen molar-refractivity contribution in [2.45, 2.75) is 31.4 Å². The molecule has 71 valence electrons. The predicted octanol–water partition coefficient (Wildman–Crippen LogP) is 1.82. The molecule has 0 bridgehead atoms. The molecule has 0 aromatic rings. The van der Waals surface area contributed by atoms with Crippen LogP contribution in [0.1, 0.15) is 26.7 Å². The summed E-state index contributed by atoms with van der Waals surface area (Å²) in [6.07, 6.45) is 4.44. The Labute approximate surface area is 74.2 Å². The van der Waals surface area contributed by atoms with Crippen LogP contribution in [-0.4, -0.2) is 17.7 Å². The van der Waals surface area contributed by atoms with Gasteiger partial charge >= 0.3 is 0 Å². The van der Waals surface area contributed by atoms with Crippen LogP contribution in [0.5, 0.6) is 0 Å². The Hall–Kier alpha value is -0.350. The normalized spacial score (nSPS) is 12.9. The topological polar surface area (TPSA) is 54.4 Å². The molecule has 1 radical (unpaired) electrons. The molecular weight excluding hydrogens is 176 g/mol. The molecule has 0 aromatic carbocycles. The highest BCUT2D eigenvalue weighted by Gasteiger charge is 2.31. The molecule has 0 saturated carbocycles. The van der Waals surface area contributed by atoms with Gasteiger partial charge in [0.25, 0.3) is 10.1 Å². The van der Waals surface area contributed by atoms with E-state index in [1.165, 1.54) is 13.8 Å². The summed E-state index contributed by atoms with van der Waals surface area (Å²) in [5.74, 6) is 0. The summed E-state index contributed by atoms with van der Waals surface area (Å²) in [5.41, 5.74) is 0. The Bertz CT molecular complexity index is 239. The van der Waals surface area contributed by atoms with Crippen molar-refractivity contribution in [3.05, 3.63) is 19.1 Å². The lowest BCUT2D eigenvalue weighted by Gasteiger charge is -2.19. The van der Waals surface area contributed by atoms with Gasteiger partial charge in [-0.25, -0.2) is 0 Å². The zero-order chi connectivity index (χ0) is 9.83. The zero-order valence-corrected chi connectivity index (χ0v) is 8.26. The van der Waals surface area contributed by atoms with Crippen molar-refractivity contribution in [1.82, 2.24) is 0 Å². The van der Waals surface area contributed by atoms with Crippen LogP contribution in [0.2, 0.25) is 0 Å². The van der Waals surface area contributed by atoms with Crippen LogP contribution < -0.4 is 0 Å². The second kappa shape index (κ2) is 4.05. The third-order valence-corrected chi connectivity index (χ3v) is 3.23. The SMILES string of the molecule is C=CC[CH]CC(C)(C)S(=O)(=O)O. The molecule has 12 heavy (non-hydrogen) atoms. The van der Waals surface area contributed by atoms with Crippen LogP contribution in [-0.2, 0) is 10.1 Å². The Kier molecular flexibility index (Phi) is 3.93. The van der Waals surface area contributed by atoms with Gasteiger partial charge in [0.15, 0.2) is 0 Å². The van der Waals surface area contributed by atoms with Gasteiger partial charge in [-0.05, 0) is 33.1 Å². The second-order valence-electron chi connectivity index (χ2n) is 3.25. The third-order valence-electron chi connectivity index (χ3n) is 1.67. The maximum absolute atomic E-state index is 10.8. The fourth-order valence-electron chi connectivity index (χ4n) is 0.654. The fourth-order valence-corrected chi connectivity index (χ4v) is 0.983. The number of rotatable bonds is 5. The van der Waals surface area contributed by atoms with E-state index in [0.29, 0.717) is 12.8 Å². The summed E-state index contributed by atoms with van der Waals surface area (Å²) in [4.78, 5) is 0. The van der Waals surface area contributed by atoms with E-state index in [1.54, 1.807) is 12.5 Å². The molecule has 1 N–H and O–H groups in total. The standard InChI is InChI=1S/C8H15O3S/c1-4-5-6-7-8(2,3)12(9,10)11/h4,6H,1,5,7H2,2-3H3,(H,9,10,11). The van der Waals surface area contributed by atoms with E-state index in [2.05, 4.69) is 6.58 Å². The number of unbranched alkanes of at least 4 members (excludes halogenated alkanes) is 1. The molecule has 0 heterocycles. The maximum Gasteiger partial charge on any atom is 0.270 e. The first-order valence-electron chi connectivity index (χ1n) is 3.71. The largest absolute Gasteiger partial charge is 0.285 e. The molecular formula is C8H15O3S. The molecule has 0 aliphatic rings. The van der Waals surface area contributed by atoms with Gasteiger partial charge in [-0.3, -0.25) is 4.55 Å². The molecule has 0 aliphatic heterocycles. The van der Waals surface area contributed by atoms with Gasteiger partial charge in [0, 0.05) is 0 Å². The van der Waals surface area contributed by atoms with Gasteiger partial charge in [0.05, 0.1) is 4.75 Å². The summed E-state index contributed by atoms with van der Waals surface area (Å²) in [6, 6.07) is 0. The van der Waals surface area contributed by atoms with Gasteiger partial charge in [-0.2, -0.15) is 8.42 Å². The lowest BCUT2D eigenvalue weighted by atomic mass is 10.1. The first-order valence-corrected chi connectivity index (χ1v) is 5.15. The molecule has 0 atom stereocenters. The van der Waals surface area contributed by atoms with Crippen LogP contribution >= 0.6 is 0 Å². The number of allylic oxidation sites excluding steroid dienone is 1. The highest BCUT2D eigenvalue weighted by atomic mass is 32.2. The molecule has 0 saturated heterocycles. The summed E-state index contributed by atoms with van der Waals surface area (Å²) in [5, 5.41) is 0. The summed E-state index contributed by atoms with van der Waals surface area (Å²) >= 11 is 0. The highest BCUT2D eigenvalue weighted by Crippen LogP contribution is 2.21. The third kappa shape index (κ3) is 3.36. The quantitative estimate of drug-likeness (QED) is 0.409. The van der Waals surface area contributed by atoms with Crippen molar-refractivity contribution >= 4 is 10.1 Å². The molecule has 0 unspecified atom stereocenters. The van der Waals surface area contributed by atoms with Crippen molar-refractivity contribution in [3.8, 4) is 0 Å². The first kappa shape index (κ1) is 11.6. The van der Waals surface area contributed by atoms with Crippen molar-refractivity contribution in [1.29, 1.82) is 0 Å². The molecule has 0 aromatic heterocycles. The first-order chi connectivity index (χ1) is 5.31. The second-order valence-corrected chi connectivity index (χ2v) is 5.31. The van der Waals surface area contributed by atoms with E-state index in [4.69, 9.17) is 4.55 Å². The fraction of sp³-hybridized carbons (Fsp3) is 0.625. The molecule has 0 amide bonds. The summed E-state index contributed by atoms with van der Waals surface area (Å²) in [6.45, 7) is 6.48. The van der Waals surface area contributed by atoms with Crippen LogP contribution in [0.3, 0.4) is 0 Å². The minimum absolute atomic E-state index is 0.331. The smallest absolute Gasteiger partial charge is 0.270 e. The molecule has 4 heteroatoms. The van der Waals surface area contributed by atoms with E-state index in [1.807, 2.05) is 0 Å². The molecule has 0 fully saturated rings. The van der Waals surface area contributed by atoms with Gasteiger partial charge in [0.1, 0.15) is 0 Å². The average molecular weight is 191 g/mol. The molecule has 0 aliphatic carbocycles. The van der Waals surface area contributed by atoms with Gasteiger partial charge in [0.2, 0.25) is 0 Å². The van der Waals surface area contributed by atoms with Crippen molar-refractivity contribution < 1.29 is 13.0 Å². The van der Waals surface area contributed by atoms with Crippen molar-refractivity contribution in [3.63, 3.8) is 0 Å². The lowest BCUT2D eigenvalue weighted by molar-refractivity contribution is 0.438. The predicted molar refractivity (Wildman–Crippen MR) is 49.4 cm³/mol. The van der Waals surface area contributed by atoms with Gasteiger partial charge in [-0.15, -0.1) is 6.58 Å². The van der Waals surface area contributed by atoms with Crippen LogP contribution in [0, 0.1) is 6.42 Å².